The van der Waals surface area contributed by atoms with E-state index in [1.807, 2.05) is 0 Å². The van der Waals surface area contributed by atoms with E-state index in [2.05, 4.69) is 177 Å². The summed E-state index contributed by atoms with van der Waals surface area (Å²) in [4.78, 5) is 0. The zero-order valence-electron chi connectivity index (χ0n) is 12.5. The molecule has 0 radical (unpaired) electrons. The SMILES string of the molecule is Brc1c(I)ccc(-c2ccc(-c3ccc(I)c(Br)c3Br)c(Br)c2Br)c1Br. The number of hydrogen-bond donors (Lipinski definition) is 0. The van der Waals surface area contributed by atoms with E-state index in [4.69, 9.17) is 0 Å². The van der Waals surface area contributed by atoms with Crippen molar-refractivity contribution in [1.29, 1.82) is 0 Å². The molecule has 26 heavy (non-hydrogen) atoms. The molecule has 0 nitrogen and oxygen atoms in total. The lowest BCUT2D eigenvalue weighted by molar-refractivity contribution is 1.46. The second-order valence-electron chi connectivity index (χ2n) is 5.23. The largest absolute Gasteiger partial charge is 0.0525 e. The van der Waals surface area contributed by atoms with Crippen LogP contribution in [0.2, 0.25) is 0 Å². The van der Waals surface area contributed by atoms with Crippen molar-refractivity contribution in [2.75, 3.05) is 0 Å². The van der Waals surface area contributed by atoms with Crippen molar-refractivity contribution in [3.05, 3.63) is 70.4 Å². The lowest BCUT2D eigenvalue weighted by atomic mass is 10.0. The Morgan fingerprint density at radius 2 is 0.615 bits per heavy atom. The fourth-order valence-electron chi connectivity index (χ4n) is 2.43. The fourth-order valence-corrected chi connectivity index (χ4v) is 7.00. The lowest BCUT2D eigenvalue weighted by Gasteiger charge is -2.15. The van der Waals surface area contributed by atoms with Crippen molar-refractivity contribution in [3.63, 3.8) is 0 Å². The van der Waals surface area contributed by atoms with Crippen LogP contribution in [-0.2, 0) is 0 Å². The third-order valence-corrected chi connectivity index (χ3v) is 13.6. The van der Waals surface area contributed by atoms with Crippen molar-refractivity contribution in [3.8, 4) is 22.3 Å². The highest BCUT2D eigenvalue weighted by Crippen LogP contribution is 2.46. The van der Waals surface area contributed by atoms with Gasteiger partial charge in [0.25, 0.3) is 0 Å². The van der Waals surface area contributed by atoms with Gasteiger partial charge in [0.1, 0.15) is 0 Å². The van der Waals surface area contributed by atoms with Gasteiger partial charge in [-0.1, -0.05) is 24.3 Å². The normalized spacial score (nSPS) is 11.1. The summed E-state index contributed by atoms with van der Waals surface area (Å²) < 4.78 is 8.58. The molecular formula is C18H6Br6I2. The fraction of sp³-hybridized carbons (Fsp3) is 0. The van der Waals surface area contributed by atoms with Gasteiger partial charge in [-0.3, -0.25) is 0 Å². The topological polar surface area (TPSA) is 0 Å². The molecule has 0 bridgehead atoms. The Morgan fingerprint density at radius 3 is 0.923 bits per heavy atom. The third-order valence-electron chi connectivity index (χ3n) is 3.73. The maximum Gasteiger partial charge on any atom is 0.0457 e. The Balaban J connectivity index is 2.20. The van der Waals surface area contributed by atoms with E-state index in [1.54, 1.807) is 0 Å². The highest BCUT2D eigenvalue weighted by Gasteiger charge is 2.18. The highest BCUT2D eigenvalue weighted by molar-refractivity contribution is 14.1. The van der Waals surface area contributed by atoms with Gasteiger partial charge in [-0.05, 0) is 175 Å². The molecule has 8 heteroatoms. The third kappa shape index (κ3) is 4.37. The molecule has 134 valence electrons. The molecule has 3 aromatic rings. The van der Waals surface area contributed by atoms with Crippen molar-refractivity contribution in [1.82, 2.24) is 0 Å². The predicted molar refractivity (Wildman–Crippen MR) is 149 cm³/mol. The molecule has 0 heterocycles. The molecule has 0 aliphatic rings. The Morgan fingerprint density at radius 1 is 0.385 bits per heavy atom. The summed E-state index contributed by atoms with van der Waals surface area (Å²) in [5.41, 5.74) is 4.48. The molecule has 0 N–H and O–H groups in total. The summed E-state index contributed by atoms with van der Waals surface area (Å²) in [7, 11) is 0. The number of halogens is 8. The van der Waals surface area contributed by atoms with Crippen LogP contribution >= 0.6 is 141 Å². The van der Waals surface area contributed by atoms with Gasteiger partial charge in [-0.25, -0.2) is 0 Å². The molecule has 3 aromatic carbocycles. The summed E-state index contributed by atoms with van der Waals surface area (Å²) in [6.45, 7) is 0. The van der Waals surface area contributed by atoms with Gasteiger partial charge < -0.3 is 0 Å². The maximum atomic E-state index is 3.79. The minimum atomic E-state index is 1.02. The van der Waals surface area contributed by atoms with Crippen LogP contribution in [0, 0.1) is 7.14 Å². The standard InChI is InChI=1S/C18H6Br6I2/c19-13-7(9-3-5-11(25)17(23)15(9)21)1-2-8(14(13)20)10-4-6-12(26)18(24)16(10)22/h1-6H. The molecule has 0 amide bonds. The lowest BCUT2D eigenvalue weighted by Crippen LogP contribution is -1.90. The molecule has 0 aliphatic heterocycles. The van der Waals surface area contributed by atoms with Crippen molar-refractivity contribution in [2.45, 2.75) is 0 Å². The van der Waals surface area contributed by atoms with Crippen molar-refractivity contribution >= 4 is 141 Å². The smallest absolute Gasteiger partial charge is 0.0457 e. The van der Waals surface area contributed by atoms with Gasteiger partial charge >= 0.3 is 0 Å². The second-order valence-corrected chi connectivity index (χ2v) is 12.3. The van der Waals surface area contributed by atoms with Gasteiger partial charge in [-0.15, -0.1) is 0 Å². The number of rotatable bonds is 2. The summed E-state index contributed by atoms with van der Waals surface area (Å²) in [5, 5.41) is 0. The Labute approximate surface area is 229 Å². The Kier molecular flexibility index (Phi) is 8.22. The summed E-state index contributed by atoms with van der Waals surface area (Å²) >= 11 is 26.9. The molecule has 0 aliphatic carbocycles. The van der Waals surface area contributed by atoms with Crippen LogP contribution in [0.1, 0.15) is 0 Å². The van der Waals surface area contributed by atoms with Gasteiger partial charge in [-0.2, -0.15) is 0 Å². The first kappa shape index (κ1) is 22.7. The molecular weight excluding hydrogens is 949 g/mol. The van der Waals surface area contributed by atoms with Crippen LogP contribution in [0.4, 0.5) is 0 Å². The molecule has 0 saturated carbocycles. The van der Waals surface area contributed by atoms with Gasteiger partial charge in [0.05, 0.1) is 0 Å². The monoisotopic (exact) mass is 949 g/mol. The first-order valence-electron chi connectivity index (χ1n) is 6.99. The minimum Gasteiger partial charge on any atom is -0.0525 e. The first-order valence-corrected chi connectivity index (χ1v) is 13.9. The average molecular weight is 955 g/mol. The average Bonchev–Trinajstić information content (AvgIpc) is 2.62. The number of benzene rings is 3. The molecule has 0 aromatic heterocycles. The van der Waals surface area contributed by atoms with E-state index >= 15 is 0 Å². The van der Waals surface area contributed by atoms with Crippen LogP contribution in [0.25, 0.3) is 22.3 Å². The molecule has 3 rings (SSSR count). The Bertz CT molecular complexity index is 950. The van der Waals surface area contributed by atoms with Gasteiger partial charge in [0.15, 0.2) is 0 Å². The van der Waals surface area contributed by atoms with Crippen LogP contribution in [0.15, 0.2) is 63.2 Å². The molecule has 0 spiro atoms. The van der Waals surface area contributed by atoms with E-state index in [9.17, 15) is 0 Å². The van der Waals surface area contributed by atoms with Gasteiger partial charge in [0.2, 0.25) is 0 Å². The minimum absolute atomic E-state index is 1.02. The van der Waals surface area contributed by atoms with Crippen LogP contribution in [0.3, 0.4) is 0 Å². The molecule has 0 atom stereocenters. The van der Waals surface area contributed by atoms with E-state index in [1.165, 1.54) is 0 Å². The quantitative estimate of drug-likeness (QED) is 0.177. The summed E-state index contributed by atoms with van der Waals surface area (Å²) in [5.74, 6) is 0. The summed E-state index contributed by atoms with van der Waals surface area (Å²) in [6, 6.07) is 12.7. The van der Waals surface area contributed by atoms with E-state index < -0.39 is 0 Å². The number of hydrogen-bond acceptors (Lipinski definition) is 0. The predicted octanol–water partition coefficient (Wildman–Crippen LogP) is 10.8. The summed E-state index contributed by atoms with van der Waals surface area (Å²) in [6.07, 6.45) is 0. The van der Waals surface area contributed by atoms with Crippen LogP contribution in [0.5, 0.6) is 0 Å². The van der Waals surface area contributed by atoms with Crippen LogP contribution < -0.4 is 0 Å². The van der Waals surface area contributed by atoms with E-state index in [0.717, 1.165) is 56.2 Å². The van der Waals surface area contributed by atoms with Crippen LogP contribution in [-0.4, -0.2) is 0 Å². The van der Waals surface area contributed by atoms with Crippen molar-refractivity contribution in [2.24, 2.45) is 0 Å². The maximum absolute atomic E-state index is 3.79. The van der Waals surface area contributed by atoms with E-state index in [-0.39, 0.29) is 0 Å². The zero-order chi connectivity index (χ0) is 19.2. The molecule has 0 fully saturated rings. The zero-order valence-corrected chi connectivity index (χ0v) is 26.3. The molecule has 0 saturated heterocycles. The first-order chi connectivity index (χ1) is 12.2. The Hall–Kier alpha value is 2.00. The van der Waals surface area contributed by atoms with Gasteiger partial charge in [0, 0.05) is 34.0 Å². The highest BCUT2D eigenvalue weighted by atomic mass is 127. The second kappa shape index (κ2) is 9.43. The van der Waals surface area contributed by atoms with Crippen molar-refractivity contribution < 1.29 is 0 Å². The molecule has 0 unspecified atom stereocenters. The van der Waals surface area contributed by atoms with E-state index in [0.29, 0.717) is 0 Å².